The Morgan fingerprint density at radius 2 is 1.73 bits per heavy atom. The number of para-hydroxylation sites is 2. The Balaban J connectivity index is 1.05. The number of hydrogen-bond donors (Lipinski definition) is 1. The zero-order valence-electron chi connectivity index (χ0n) is 19.4. The largest absolute Gasteiger partial charge is 0.440 e. The summed E-state index contributed by atoms with van der Waals surface area (Å²) in [6.07, 6.45) is 2.61. The highest BCUT2D eigenvalue weighted by atomic mass is 16.3. The molecule has 2 fully saturated rings. The van der Waals surface area contributed by atoms with Crippen molar-refractivity contribution in [1.82, 2.24) is 20.1 Å². The molecule has 0 radical (unpaired) electrons. The van der Waals surface area contributed by atoms with Crippen molar-refractivity contribution in [1.29, 1.82) is 0 Å². The molecule has 2 aliphatic rings. The van der Waals surface area contributed by atoms with Crippen LogP contribution in [0.15, 0.2) is 52.9 Å². The van der Waals surface area contributed by atoms with Crippen LogP contribution < -0.4 is 10.2 Å². The lowest BCUT2D eigenvalue weighted by molar-refractivity contribution is 0.178. The van der Waals surface area contributed by atoms with E-state index >= 15 is 0 Å². The number of rotatable bonds is 5. The summed E-state index contributed by atoms with van der Waals surface area (Å²) < 4.78 is 5.93. The van der Waals surface area contributed by atoms with Crippen LogP contribution in [0.25, 0.3) is 11.1 Å². The number of nitrogens with one attached hydrogen (secondary N) is 1. The molecule has 2 amide bonds. The molecule has 0 bridgehead atoms. The Kier molecular flexibility index (Phi) is 6.48. The molecule has 5 rings (SSSR count). The SMILES string of the molecule is CN1CCN(c2ccc(CCNC(=O)N3CCC(c4nc5ccccc5o4)CC3)cc2)CC1. The molecule has 7 nitrogen and oxygen atoms in total. The number of likely N-dealkylation sites (N-methyl/N-ethyl adjacent to an activating group) is 1. The molecule has 0 aliphatic carbocycles. The molecular weight excluding hydrogens is 414 g/mol. The van der Waals surface area contributed by atoms with E-state index in [0.717, 1.165) is 75.5 Å². The van der Waals surface area contributed by atoms with Crippen molar-refractivity contribution in [2.75, 3.05) is 57.8 Å². The van der Waals surface area contributed by atoms with Crippen LogP contribution in [0.2, 0.25) is 0 Å². The van der Waals surface area contributed by atoms with E-state index in [2.05, 4.69) is 51.4 Å². The number of hydrogen-bond acceptors (Lipinski definition) is 5. The van der Waals surface area contributed by atoms with Gasteiger partial charge < -0.3 is 24.4 Å². The van der Waals surface area contributed by atoms with Crippen LogP contribution in [0.1, 0.15) is 30.2 Å². The van der Waals surface area contributed by atoms with E-state index < -0.39 is 0 Å². The van der Waals surface area contributed by atoms with Crippen LogP contribution in [-0.2, 0) is 6.42 Å². The number of carbonyl (C=O) groups excluding carboxylic acids is 1. The molecule has 2 saturated heterocycles. The molecule has 0 saturated carbocycles. The fourth-order valence-electron chi connectivity index (χ4n) is 4.76. The number of urea groups is 1. The predicted octanol–water partition coefficient (Wildman–Crippen LogP) is 3.71. The fraction of sp³-hybridized carbons (Fsp3) is 0.462. The second kappa shape index (κ2) is 9.83. The lowest BCUT2D eigenvalue weighted by Gasteiger charge is -2.34. The van der Waals surface area contributed by atoms with E-state index in [1.54, 1.807) is 0 Å². The molecular formula is C26H33N5O2. The van der Waals surface area contributed by atoms with Crippen LogP contribution in [0, 0.1) is 0 Å². The quantitative estimate of drug-likeness (QED) is 0.646. The molecule has 3 heterocycles. The number of carbonyl (C=O) groups is 1. The summed E-state index contributed by atoms with van der Waals surface area (Å²) in [6, 6.07) is 16.7. The molecule has 0 atom stereocenters. The fourth-order valence-corrected chi connectivity index (χ4v) is 4.76. The smallest absolute Gasteiger partial charge is 0.317 e. The summed E-state index contributed by atoms with van der Waals surface area (Å²) in [5.74, 6) is 1.08. The summed E-state index contributed by atoms with van der Waals surface area (Å²) in [4.78, 5) is 24.0. The van der Waals surface area contributed by atoms with Gasteiger partial charge in [-0.05, 0) is 56.1 Å². The monoisotopic (exact) mass is 447 g/mol. The van der Waals surface area contributed by atoms with Gasteiger partial charge in [-0.2, -0.15) is 0 Å². The Hall–Kier alpha value is -3.06. The number of amides is 2. The van der Waals surface area contributed by atoms with Crippen LogP contribution in [0.3, 0.4) is 0 Å². The molecule has 7 heteroatoms. The van der Waals surface area contributed by atoms with Gasteiger partial charge in [0.1, 0.15) is 5.52 Å². The van der Waals surface area contributed by atoms with Crippen molar-refractivity contribution in [3.63, 3.8) is 0 Å². The number of benzene rings is 2. The molecule has 33 heavy (non-hydrogen) atoms. The maximum Gasteiger partial charge on any atom is 0.317 e. The maximum atomic E-state index is 12.6. The van der Waals surface area contributed by atoms with E-state index in [1.165, 1.54) is 11.3 Å². The Morgan fingerprint density at radius 1 is 1.00 bits per heavy atom. The van der Waals surface area contributed by atoms with Gasteiger partial charge in [-0.3, -0.25) is 0 Å². The van der Waals surface area contributed by atoms with E-state index in [4.69, 9.17) is 4.42 Å². The minimum Gasteiger partial charge on any atom is -0.440 e. The second-order valence-corrected chi connectivity index (χ2v) is 9.22. The predicted molar refractivity (Wildman–Crippen MR) is 131 cm³/mol. The van der Waals surface area contributed by atoms with Crippen molar-refractivity contribution in [3.05, 3.63) is 60.0 Å². The van der Waals surface area contributed by atoms with Crippen molar-refractivity contribution in [2.45, 2.75) is 25.2 Å². The van der Waals surface area contributed by atoms with Crippen LogP contribution in [-0.4, -0.2) is 73.7 Å². The average molecular weight is 448 g/mol. The first-order chi connectivity index (χ1) is 16.2. The Morgan fingerprint density at radius 3 is 2.45 bits per heavy atom. The summed E-state index contributed by atoms with van der Waals surface area (Å²) in [5.41, 5.74) is 4.29. The number of nitrogens with zero attached hydrogens (tertiary/aromatic N) is 4. The standard InChI is InChI=1S/C26H33N5O2/c1-29-16-18-30(19-17-29)22-8-6-20(7-9-22)10-13-27-26(32)31-14-11-21(12-15-31)25-28-23-4-2-3-5-24(23)33-25/h2-9,21H,10-19H2,1H3,(H,27,32). The van der Waals surface area contributed by atoms with Gasteiger partial charge in [-0.25, -0.2) is 9.78 Å². The Bertz CT molecular complexity index is 1030. The molecule has 1 aromatic heterocycles. The van der Waals surface area contributed by atoms with Crippen LogP contribution >= 0.6 is 0 Å². The van der Waals surface area contributed by atoms with E-state index in [9.17, 15) is 4.79 Å². The highest BCUT2D eigenvalue weighted by molar-refractivity contribution is 5.74. The van der Waals surface area contributed by atoms with Crippen molar-refractivity contribution in [3.8, 4) is 0 Å². The molecule has 0 spiro atoms. The first kappa shape index (κ1) is 21.8. The third-order valence-electron chi connectivity index (χ3n) is 6.94. The van der Waals surface area contributed by atoms with Gasteiger partial charge in [0.15, 0.2) is 11.5 Å². The van der Waals surface area contributed by atoms with Gasteiger partial charge in [0, 0.05) is 57.4 Å². The van der Waals surface area contributed by atoms with Gasteiger partial charge in [0.2, 0.25) is 0 Å². The molecule has 0 unspecified atom stereocenters. The topological polar surface area (TPSA) is 64.8 Å². The van der Waals surface area contributed by atoms with Gasteiger partial charge in [-0.1, -0.05) is 24.3 Å². The van der Waals surface area contributed by atoms with Gasteiger partial charge in [0.05, 0.1) is 0 Å². The molecule has 2 aliphatic heterocycles. The lowest BCUT2D eigenvalue weighted by Crippen LogP contribution is -2.44. The number of piperidine rings is 1. The second-order valence-electron chi connectivity index (χ2n) is 9.22. The maximum absolute atomic E-state index is 12.6. The van der Waals surface area contributed by atoms with E-state index in [-0.39, 0.29) is 11.9 Å². The molecule has 1 N–H and O–H groups in total. The Labute approximate surface area is 195 Å². The van der Waals surface area contributed by atoms with Gasteiger partial charge >= 0.3 is 6.03 Å². The van der Waals surface area contributed by atoms with Crippen molar-refractivity contribution >= 4 is 22.8 Å². The van der Waals surface area contributed by atoms with Gasteiger partial charge in [0.25, 0.3) is 0 Å². The zero-order chi connectivity index (χ0) is 22.6. The summed E-state index contributed by atoms with van der Waals surface area (Å²) in [7, 11) is 2.18. The number of piperazine rings is 1. The number of anilines is 1. The molecule has 3 aromatic rings. The highest BCUT2D eigenvalue weighted by Crippen LogP contribution is 2.29. The summed E-state index contributed by atoms with van der Waals surface area (Å²) in [6.45, 7) is 6.49. The van der Waals surface area contributed by atoms with Crippen LogP contribution in [0.5, 0.6) is 0 Å². The van der Waals surface area contributed by atoms with Crippen LogP contribution in [0.4, 0.5) is 10.5 Å². The van der Waals surface area contributed by atoms with Crippen molar-refractivity contribution < 1.29 is 9.21 Å². The zero-order valence-corrected chi connectivity index (χ0v) is 19.4. The average Bonchev–Trinajstić information content (AvgIpc) is 3.29. The lowest BCUT2D eigenvalue weighted by atomic mass is 9.97. The number of oxazole rings is 1. The summed E-state index contributed by atoms with van der Waals surface area (Å²) in [5, 5.41) is 3.09. The highest BCUT2D eigenvalue weighted by Gasteiger charge is 2.27. The van der Waals surface area contributed by atoms with E-state index in [0.29, 0.717) is 6.54 Å². The first-order valence-corrected chi connectivity index (χ1v) is 12.1. The number of fused-ring (bicyclic) bond motifs is 1. The van der Waals surface area contributed by atoms with E-state index in [1.807, 2.05) is 29.2 Å². The van der Waals surface area contributed by atoms with Crippen molar-refractivity contribution in [2.24, 2.45) is 0 Å². The number of likely N-dealkylation sites (tertiary alicyclic amines) is 1. The number of aromatic nitrogens is 1. The minimum atomic E-state index is 0.0278. The third-order valence-corrected chi connectivity index (χ3v) is 6.94. The summed E-state index contributed by atoms with van der Waals surface area (Å²) >= 11 is 0. The minimum absolute atomic E-state index is 0.0278. The molecule has 174 valence electrons. The third kappa shape index (κ3) is 5.14. The molecule has 2 aromatic carbocycles. The normalized spacial score (nSPS) is 18.1. The van der Waals surface area contributed by atoms with Gasteiger partial charge in [-0.15, -0.1) is 0 Å². The first-order valence-electron chi connectivity index (χ1n) is 12.1.